The summed E-state index contributed by atoms with van der Waals surface area (Å²) >= 11 is 6.50. The minimum Gasteiger partial charge on any atom is -0.508 e. The Bertz CT molecular complexity index is 2080. The number of hydrogen-bond acceptors (Lipinski definition) is 9. The lowest BCUT2D eigenvalue weighted by molar-refractivity contribution is 0.131. The second-order valence-electron chi connectivity index (χ2n) is 14.7. The van der Waals surface area contributed by atoms with Gasteiger partial charge in [-0.2, -0.15) is 15.2 Å². The summed E-state index contributed by atoms with van der Waals surface area (Å²) < 4.78 is 29.3. The first-order valence-corrected chi connectivity index (χ1v) is 17.5. The molecule has 1 aromatic heterocycles. The number of phenolic OH excluding ortho intramolecular Hbond substituents is 1. The Morgan fingerprint density at radius 2 is 1.86 bits per heavy atom. The Hall–Kier alpha value is -4.19. The van der Waals surface area contributed by atoms with Gasteiger partial charge in [-0.25, -0.2) is 4.39 Å². The summed E-state index contributed by atoms with van der Waals surface area (Å²) in [6.45, 7) is 6.62. The van der Waals surface area contributed by atoms with E-state index in [-0.39, 0.29) is 39.4 Å². The summed E-state index contributed by atoms with van der Waals surface area (Å²) in [7, 11) is 0. The van der Waals surface area contributed by atoms with Crippen molar-refractivity contribution in [1.29, 1.82) is 5.26 Å². The summed E-state index contributed by atoms with van der Waals surface area (Å²) in [6.07, 6.45) is 10.1. The number of phenols is 1. The molecule has 5 heterocycles. The zero-order chi connectivity index (χ0) is 33.4. The van der Waals surface area contributed by atoms with Crippen LogP contribution in [-0.2, 0) is 4.74 Å². The van der Waals surface area contributed by atoms with Crippen LogP contribution in [0.1, 0.15) is 36.8 Å². The number of halogens is 2. The highest BCUT2D eigenvalue weighted by atomic mass is 35.5. The van der Waals surface area contributed by atoms with Crippen molar-refractivity contribution in [3.63, 3.8) is 0 Å². The summed E-state index contributed by atoms with van der Waals surface area (Å²) in [5.74, 6) is 3.62. The summed E-state index contributed by atoms with van der Waals surface area (Å²) in [4.78, 5) is 14.3. The molecule has 4 aliphatic heterocycles. The number of nitrogens with zero attached hydrogens (tertiary/aromatic N) is 5. The fourth-order valence-electron chi connectivity index (χ4n) is 8.71. The number of ether oxygens (including phenoxy) is 2. The SMILES string of the molecule is C#Cc1c(Cl)ccc2cc(O)cc(-c3c(C#N)cc4c(N5CC6CCC(C5)N6)nc(OCC5(CN6CC7COCC7C6)CC5)nc4c3F)c12. The molecule has 4 aromatic rings. The normalized spacial score (nSPS) is 25.4. The van der Waals surface area contributed by atoms with Gasteiger partial charge in [0.05, 0.1) is 42.0 Å². The van der Waals surface area contributed by atoms with E-state index in [1.165, 1.54) is 6.07 Å². The standard InChI is InChI=1S/C38H36ClFN6O3/c1-2-28-31(39)6-3-21-9-27(47)11-29(32(21)28)33-22(12-41)10-30-35(34(33)40)43-37(44-36(30)46-15-25-4-5-26(16-46)42-25)49-20-38(7-8-38)19-45-13-23-17-48-18-24(23)14-45/h1,3,6,9-11,23-26,42,47H,4-5,7-8,13-20H2. The molecule has 11 heteroatoms. The van der Waals surface area contributed by atoms with Gasteiger partial charge in [0.1, 0.15) is 17.1 Å². The maximum absolute atomic E-state index is 17.2. The monoisotopic (exact) mass is 678 g/mol. The molecule has 4 unspecified atom stereocenters. The summed E-state index contributed by atoms with van der Waals surface area (Å²) in [5.41, 5.74) is 0.762. The Morgan fingerprint density at radius 3 is 2.55 bits per heavy atom. The van der Waals surface area contributed by atoms with Crippen molar-refractivity contribution in [2.75, 3.05) is 57.4 Å². The number of fused-ring (bicyclic) bond motifs is 5. The molecule has 9 nitrogen and oxygen atoms in total. The van der Waals surface area contributed by atoms with Gasteiger partial charge in [0.25, 0.3) is 0 Å². The van der Waals surface area contributed by atoms with Crippen LogP contribution in [-0.4, -0.2) is 84.6 Å². The molecular formula is C38H36ClFN6O3. The van der Waals surface area contributed by atoms with Crippen molar-refractivity contribution >= 4 is 39.1 Å². The van der Waals surface area contributed by atoms with Gasteiger partial charge < -0.3 is 29.7 Å². The van der Waals surface area contributed by atoms with Crippen molar-refractivity contribution in [1.82, 2.24) is 20.2 Å². The maximum Gasteiger partial charge on any atom is 0.319 e. The lowest BCUT2D eigenvalue weighted by atomic mass is 9.90. The van der Waals surface area contributed by atoms with Crippen LogP contribution in [0, 0.1) is 46.7 Å². The number of rotatable bonds is 7. The third-order valence-electron chi connectivity index (χ3n) is 11.3. The Balaban J connectivity index is 1.15. The van der Waals surface area contributed by atoms with Gasteiger partial charge in [-0.1, -0.05) is 23.6 Å². The van der Waals surface area contributed by atoms with E-state index in [9.17, 15) is 10.4 Å². The molecule has 0 spiro atoms. The van der Waals surface area contributed by atoms with E-state index in [1.54, 1.807) is 24.3 Å². The molecule has 4 atom stereocenters. The predicted octanol–water partition coefficient (Wildman–Crippen LogP) is 5.48. The van der Waals surface area contributed by atoms with E-state index >= 15 is 4.39 Å². The minimum atomic E-state index is -0.706. The smallest absolute Gasteiger partial charge is 0.319 e. The van der Waals surface area contributed by atoms with Crippen LogP contribution in [0.3, 0.4) is 0 Å². The average Bonchev–Trinajstić information content (AvgIpc) is 3.34. The lowest BCUT2D eigenvalue weighted by Gasteiger charge is -2.34. The number of aromatic hydroxyl groups is 1. The van der Waals surface area contributed by atoms with Crippen LogP contribution >= 0.6 is 11.6 Å². The van der Waals surface area contributed by atoms with Gasteiger partial charge in [0.2, 0.25) is 0 Å². The number of aromatic nitrogens is 2. The first-order chi connectivity index (χ1) is 23.8. The van der Waals surface area contributed by atoms with Crippen molar-refractivity contribution in [3.8, 4) is 41.3 Å². The Morgan fingerprint density at radius 1 is 1.10 bits per heavy atom. The quantitative estimate of drug-likeness (QED) is 0.246. The van der Waals surface area contributed by atoms with Crippen LogP contribution in [0.25, 0.3) is 32.8 Å². The average molecular weight is 679 g/mol. The Kier molecular flexibility index (Phi) is 7.37. The molecule has 4 saturated heterocycles. The van der Waals surface area contributed by atoms with Crippen LogP contribution in [0.5, 0.6) is 11.8 Å². The van der Waals surface area contributed by atoms with Crippen LogP contribution < -0.4 is 15.0 Å². The fraction of sp³-hybridized carbons (Fsp3) is 0.447. The number of hydrogen-bond donors (Lipinski definition) is 2. The number of likely N-dealkylation sites (tertiary alicyclic amines) is 1. The highest BCUT2D eigenvalue weighted by Gasteiger charge is 2.48. The third kappa shape index (κ3) is 5.34. The molecule has 9 rings (SSSR count). The van der Waals surface area contributed by atoms with Gasteiger partial charge >= 0.3 is 6.01 Å². The predicted molar refractivity (Wildman–Crippen MR) is 185 cm³/mol. The fourth-order valence-corrected chi connectivity index (χ4v) is 8.92. The molecule has 3 aromatic carbocycles. The number of piperazine rings is 1. The minimum absolute atomic E-state index is 0.00660. The second-order valence-corrected chi connectivity index (χ2v) is 15.1. The molecule has 2 N–H and O–H groups in total. The largest absolute Gasteiger partial charge is 0.508 e. The molecule has 1 aliphatic carbocycles. The van der Waals surface area contributed by atoms with E-state index in [2.05, 4.69) is 27.1 Å². The van der Waals surface area contributed by atoms with Crippen LogP contribution in [0.2, 0.25) is 5.02 Å². The number of terminal acetylenes is 1. The molecule has 2 bridgehead atoms. The lowest BCUT2D eigenvalue weighted by Crippen LogP contribution is -2.51. The number of anilines is 1. The molecule has 0 amide bonds. The second kappa shape index (κ2) is 11.7. The van der Waals surface area contributed by atoms with E-state index in [0.717, 1.165) is 58.5 Å². The van der Waals surface area contributed by atoms with E-state index in [0.29, 0.717) is 76.2 Å². The Labute approximate surface area is 289 Å². The topological polar surface area (TPSA) is 107 Å². The zero-order valence-corrected chi connectivity index (χ0v) is 27.8. The molecule has 5 aliphatic rings. The highest BCUT2D eigenvalue weighted by Crippen LogP contribution is 2.48. The molecule has 0 radical (unpaired) electrons. The van der Waals surface area contributed by atoms with Gasteiger partial charge in [0.15, 0.2) is 5.82 Å². The van der Waals surface area contributed by atoms with Crippen molar-refractivity contribution < 1.29 is 19.0 Å². The molecular weight excluding hydrogens is 643 g/mol. The van der Waals surface area contributed by atoms with E-state index < -0.39 is 5.82 Å². The van der Waals surface area contributed by atoms with E-state index in [4.69, 9.17) is 37.5 Å². The highest BCUT2D eigenvalue weighted by molar-refractivity contribution is 6.33. The third-order valence-corrected chi connectivity index (χ3v) is 11.6. The van der Waals surface area contributed by atoms with Gasteiger partial charge in [0, 0.05) is 78.4 Å². The van der Waals surface area contributed by atoms with Crippen molar-refractivity contribution in [2.45, 2.75) is 37.8 Å². The number of nitrogens with one attached hydrogen (secondary N) is 1. The summed E-state index contributed by atoms with van der Waals surface area (Å²) in [5, 5.41) is 26.6. The zero-order valence-electron chi connectivity index (χ0n) is 27.0. The maximum atomic E-state index is 17.2. The van der Waals surface area contributed by atoms with Gasteiger partial charge in [-0.05, 0) is 60.9 Å². The van der Waals surface area contributed by atoms with E-state index in [1.807, 2.05) is 0 Å². The van der Waals surface area contributed by atoms with Crippen molar-refractivity contribution in [2.24, 2.45) is 17.3 Å². The molecule has 49 heavy (non-hydrogen) atoms. The van der Waals surface area contributed by atoms with Gasteiger partial charge in [-0.15, -0.1) is 6.42 Å². The van der Waals surface area contributed by atoms with Crippen LogP contribution in [0.15, 0.2) is 30.3 Å². The molecule has 1 saturated carbocycles. The van der Waals surface area contributed by atoms with Gasteiger partial charge in [-0.3, -0.25) is 0 Å². The number of nitriles is 1. The first kappa shape index (κ1) is 30.8. The first-order valence-electron chi connectivity index (χ1n) is 17.1. The molecule has 250 valence electrons. The van der Waals surface area contributed by atoms with Crippen molar-refractivity contribution in [3.05, 3.63) is 52.3 Å². The van der Waals surface area contributed by atoms with Crippen LogP contribution in [0.4, 0.5) is 10.2 Å². The summed E-state index contributed by atoms with van der Waals surface area (Å²) in [6, 6.07) is 10.9. The number of benzene rings is 3. The molecule has 5 fully saturated rings.